The van der Waals surface area contributed by atoms with Crippen LogP contribution in [0.15, 0.2) is 18.2 Å². The van der Waals surface area contributed by atoms with E-state index in [0.717, 1.165) is 6.07 Å². The van der Waals surface area contributed by atoms with Crippen molar-refractivity contribution < 1.29 is 22.6 Å². The van der Waals surface area contributed by atoms with Crippen molar-refractivity contribution in [3.05, 3.63) is 23.8 Å². The van der Waals surface area contributed by atoms with E-state index in [0.29, 0.717) is 18.2 Å². The third-order valence-corrected chi connectivity index (χ3v) is 4.12. The summed E-state index contributed by atoms with van der Waals surface area (Å²) >= 11 is 0. The van der Waals surface area contributed by atoms with E-state index in [1.165, 1.54) is 0 Å². The van der Waals surface area contributed by atoms with Crippen LogP contribution in [0.3, 0.4) is 0 Å². The SMILES string of the molecule is CC(C)Oc1cc(C(F)(F)F)c2c3c(ccc2n1)NC(C(C)C)CO3. The second-order valence-corrected chi connectivity index (χ2v) is 6.81. The van der Waals surface area contributed by atoms with Gasteiger partial charge in [-0.3, -0.25) is 0 Å². The first kappa shape index (κ1) is 17.6. The lowest BCUT2D eigenvalue weighted by Crippen LogP contribution is -2.35. The van der Waals surface area contributed by atoms with Crippen molar-refractivity contribution in [1.29, 1.82) is 0 Å². The van der Waals surface area contributed by atoms with Crippen molar-refractivity contribution in [2.45, 2.75) is 46.0 Å². The molecule has 0 aliphatic carbocycles. The van der Waals surface area contributed by atoms with Gasteiger partial charge in [-0.05, 0) is 31.9 Å². The summed E-state index contributed by atoms with van der Waals surface area (Å²) in [6, 6.07) is 4.27. The molecular formula is C18H21F3N2O2. The Morgan fingerprint density at radius 1 is 1.24 bits per heavy atom. The number of fused-ring (bicyclic) bond motifs is 3. The number of pyridine rings is 1. The molecule has 25 heavy (non-hydrogen) atoms. The fourth-order valence-corrected chi connectivity index (χ4v) is 2.84. The number of anilines is 1. The van der Waals surface area contributed by atoms with E-state index in [4.69, 9.17) is 9.47 Å². The van der Waals surface area contributed by atoms with Crippen LogP contribution in [-0.2, 0) is 6.18 Å². The molecule has 0 spiro atoms. The minimum absolute atomic E-state index is 0.0317. The number of rotatable bonds is 3. The molecule has 136 valence electrons. The first-order chi connectivity index (χ1) is 11.7. The average molecular weight is 354 g/mol. The van der Waals surface area contributed by atoms with Crippen molar-refractivity contribution in [1.82, 2.24) is 4.98 Å². The van der Waals surface area contributed by atoms with Crippen molar-refractivity contribution >= 4 is 16.6 Å². The molecule has 0 amide bonds. The van der Waals surface area contributed by atoms with Gasteiger partial charge in [0, 0.05) is 6.07 Å². The van der Waals surface area contributed by atoms with Gasteiger partial charge in [-0.1, -0.05) is 13.8 Å². The molecule has 1 aliphatic heterocycles. The minimum Gasteiger partial charge on any atom is -0.489 e. The molecule has 1 N–H and O–H groups in total. The zero-order valence-electron chi connectivity index (χ0n) is 14.6. The van der Waals surface area contributed by atoms with Crippen LogP contribution in [0.1, 0.15) is 33.3 Å². The summed E-state index contributed by atoms with van der Waals surface area (Å²) in [5, 5.41) is 3.23. The topological polar surface area (TPSA) is 43.4 Å². The van der Waals surface area contributed by atoms with Gasteiger partial charge in [0.15, 0.2) is 5.75 Å². The van der Waals surface area contributed by atoms with Gasteiger partial charge in [-0.25, -0.2) is 4.98 Å². The molecule has 1 atom stereocenters. The van der Waals surface area contributed by atoms with Gasteiger partial charge in [-0.15, -0.1) is 0 Å². The number of nitrogens with zero attached hydrogens (tertiary/aromatic N) is 1. The number of halogens is 3. The van der Waals surface area contributed by atoms with E-state index in [-0.39, 0.29) is 34.7 Å². The number of nitrogens with one attached hydrogen (secondary N) is 1. The third kappa shape index (κ3) is 3.45. The predicted molar refractivity (Wildman–Crippen MR) is 90.3 cm³/mol. The molecule has 7 heteroatoms. The highest BCUT2D eigenvalue weighted by Gasteiger charge is 2.37. The Bertz CT molecular complexity index is 788. The molecule has 1 aromatic heterocycles. The highest BCUT2D eigenvalue weighted by Crippen LogP contribution is 2.45. The summed E-state index contributed by atoms with van der Waals surface area (Å²) in [6.45, 7) is 7.86. The van der Waals surface area contributed by atoms with Crippen molar-refractivity contribution in [3.63, 3.8) is 0 Å². The van der Waals surface area contributed by atoms with Crippen LogP contribution in [0.2, 0.25) is 0 Å². The van der Waals surface area contributed by atoms with Crippen LogP contribution >= 0.6 is 0 Å². The van der Waals surface area contributed by atoms with Crippen LogP contribution in [0.25, 0.3) is 10.9 Å². The summed E-state index contributed by atoms with van der Waals surface area (Å²) in [5.41, 5.74) is -0.0360. The molecule has 1 aromatic carbocycles. The van der Waals surface area contributed by atoms with Gasteiger partial charge in [0.2, 0.25) is 5.88 Å². The van der Waals surface area contributed by atoms with Crippen molar-refractivity contribution in [2.24, 2.45) is 5.92 Å². The van der Waals surface area contributed by atoms with Gasteiger partial charge in [0.1, 0.15) is 6.61 Å². The maximum atomic E-state index is 13.7. The quantitative estimate of drug-likeness (QED) is 0.854. The monoisotopic (exact) mass is 354 g/mol. The number of hydrogen-bond donors (Lipinski definition) is 1. The van der Waals surface area contributed by atoms with Gasteiger partial charge in [-0.2, -0.15) is 13.2 Å². The van der Waals surface area contributed by atoms with Crippen molar-refractivity contribution in [2.75, 3.05) is 11.9 Å². The standard InChI is InChI=1S/C18H21F3N2O2/c1-9(2)14-8-24-17-13(22-14)6-5-12-16(17)11(18(19,20)21)7-15(23-12)25-10(3)4/h5-7,9-10,14,22H,8H2,1-4H3. The summed E-state index contributed by atoms with van der Waals surface area (Å²) in [5.74, 6) is 0.454. The lowest BCUT2D eigenvalue weighted by atomic mass is 10.0. The first-order valence-corrected chi connectivity index (χ1v) is 8.27. The number of alkyl halides is 3. The molecule has 3 rings (SSSR count). The summed E-state index contributed by atoms with van der Waals surface area (Å²) in [7, 11) is 0. The molecule has 2 aromatic rings. The largest absolute Gasteiger partial charge is 0.489 e. The Labute approximate surface area is 144 Å². The molecular weight excluding hydrogens is 333 g/mol. The van der Waals surface area contributed by atoms with Crippen LogP contribution in [0, 0.1) is 5.92 Å². The zero-order chi connectivity index (χ0) is 18.4. The predicted octanol–water partition coefficient (Wildman–Crippen LogP) is 4.87. The van der Waals surface area contributed by atoms with E-state index >= 15 is 0 Å². The first-order valence-electron chi connectivity index (χ1n) is 8.27. The number of aromatic nitrogens is 1. The second kappa shape index (κ2) is 6.28. The molecule has 1 unspecified atom stereocenters. The average Bonchev–Trinajstić information content (AvgIpc) is 2.51. The van der Waals surface area contributed by atoms with Crippen molar-refractivity contribution in [3.8, 4) is 11.6 Å². The Morgan fingerprint density at radius 2 is 1.96 bits per heavy atom. The number of benzene rings is 1. The highest BCUT2D eigenvalue weighted by molar-refractivity contribution is 5.95. The van der Waals surface area contributed by atoms with Gasteiger partial charge >= 0.3 is 6.18 Å². The Balaban J connectivity index is 2.19. The van der Waals surface area contributed by atoms with Gasteiger partial charge in [0.05, 0.1) is 34.3 Å². The summed E-state index contributed by atoms with van der Waals surface area (Å²) < 4.78 is 52.1. The zero-order valence-corrected chi connectivity index (χ0v) is 14.6. The van der Waals surface area contributed by atoms with E-state index in [9.17, 15) is 13.2 Å². The van der Waals surface area contributed by atoms with Crippen LogP contribution in [0.4, 0.5) is 18.9 Å². The molecule has 0 fully saturated rings. The fraction of sp³-hybridized carbons (Fsp3) is 0.500. The lowest BCUT2D eigenvalue weighted by molar-refractivity contribution is -0.136. The van der Waals surface area contributed by atoms with E-state index in [1.54, 1.807) is 26.0 Å². The Kier molecular flexibility index (Phi) is 4.43. The molecule has 1 aliphatic rings. The maximum Gasteiger partial charge on any atom is 0.417 e. The highest BCUT2D eigenvalue weighted by atomic mass is 19.4. The number of hydrogen-bond acceptors (Lipinski definition) is 4. The van der Waals surface area contributed by atoms with E-state index in [1.807, 2.05) is 13.8 Å². The summed E-state index contributed by atoms with van der Waals surface area (Å²) in [6.07, 6.45) is -4.81. The minimum atomic E-state index is -4.54. The van der Waals surface area contributed by atoms with E-state index < -0.39 is 11.7 Å². The molecule has 0 saturated heterocycles. The third-order valence-electron chi connectivity index (χ3n) is 4.12. The second-order valence-electron chi connectivity index (χ2n) is 6.81. The molecule has 0 saturated carbocycles. The fourth-order valence-electron chi connectivity index (χ4n) is 2.84. The lowest BCUT2D eigenvalue weighted by Gasteiger charge is -2.31. The molecule has 4 nitrogen and oxygen atoms in total. The van der Waals surface area contributed by atoms with E-state index in [2.05, 4.69) is 10.3 Å². The normalized spacial score (nSPS) is 17.4. The smallest absolute Gasteiger partial charge is 0.417 e. The van der Waals surface area contributed by atoms with Crippen LogP contribution in [0.5, 0.6) is 11.6 Å². The number of ether oxygens (including phenoxy) is 2. The molecule has 0 bridgehead atoms. The Morgan fingerprint density at radius 3 is 2.56 bits per heavy atom. The summed E-state index contributed by atoms with van der Waals surface area (Å²) in [4.78, 5) is 4.22. The molecule has 2 heterocycles. The molecule has 0 radical (unpaired) electrons. The maximum absolute atomic E-state index is 13.7. The Hall–Kier alpha value is -2.18. The van der Waals surface area contributed by atoms with Crippen LogP contribution in [-0.4, -0.2) is 23.7 Å². The van der Waals surface area contributed by atoms with Crippen LogP contribution < -0.4 is 14.8 Å². The van der Waals surface area contributed by atoms with Gasteiger partial charge in [0.25, 0.3) is 0 Å². The van der Waals surface area contributed by atoms with Gasteiger partial charge < -0.3 is 14.8 Å².